The molecule has 1 amide bonds. The molecule has 4 atom stereocenters. The third-order valence-corrected chi connectivity index (χ3v) is 6.38. The van der Waals surface area contributed by atoms with Crippen LogP contribution in [0.4, 0.5) is 0 Å². The molecule has 3 heterocycles. The zero-order chi connectivity index (χ0) is 20.7. The number of ether oxygens (including phenoxy) is 1. The highest BCUT2D eigenvalue weighted by molar-refractivity contribution is 6.30. The Morgan fingerprint density at radius 3 is 2.60 bits per heavy atom. The number of likely N-dealkylation sites (tertiary alicyclic amines) is 1. The summed E-state index contributed by atoms with van der Waals surface area (Å²) in [5.41, 5.74) is 1.36. The van der Waals surface area contributed by atoms with Gasteiger partial charge in [-0.25, -0.2) is 15.0 Å². The van der Waals surface area contributed by atoms with Crippen molar-refractivity contribution in [3.05, 3.63) is 71.6 Å². The molecule has 5 rings (SSSR count). The maximum absolute atomic E-state index is 13.7. The molecule has 1 aromatic carbocycles. The molecule has 1 saturated carbocycles. The van der Waals surface area contributed by atoms with Gasteiger partial charge in [0, 0.05) is 36.3 Å². The summed E-state index contributed by atoms with van der Waals surface area (Å²) in [7, 11) is 0. The van der Waals surface area contributed by atoms with Crippen molar-refractivity contribution in [2.75, 3.05) is 0 Å². The molecule has 2 aromatic heterocycles. The number of aromatic nitrogens is 3. The summed E-state index contributed by atoms with van der Waals surface area (Å²) in [6.45, 7) is 2.13. The molecule has 6 nitrogen and oxygen atoms in total. The first-order chi connectivity index (χ1) is 14.6. The second kappa shape index (κ2) is 7.69. The largest absolute Gasteiger partial charge is 0.472 e. The van der Waals surface area contributed by atoms with Gasteiger partial charge in [-0.1, -0.05) is 29.8 Å². The zero-order valence-electron chi connectivity index (χ0n) is 16.5. The van der Waals surface area contributed by atoms with E-state index < -0.39 is 0 Å². The number of pyridine rings is 1. The van der Waals surface area contributed by atoms with Crippen LogP contribution in [0.15, 0.2) is 61.1 Å². The molecule has 2 aliphatic rings. The highest BCUT2D eigenvalue weighted by Gasteiger charge is 2.52. The minimum absolute atomic E-state index is 0.00424. The van der Waals surface area contributed by atoms with Crippen molar-refractivity contribution in [1.29, 1.82) is 0 Å². The van der Waals surface area contributed by atoms with Gasteiger partial charge in [-0.15, -0.1) is 0 Å². The monoisotopic (exact) mass is 420 g/mol. The Bertz CT molecular complexity index is 1060. The number of amides is 1. The molecule has 1 saturated heterocycles. The number of fused-ring (bicyclic) bond motifs is 2. The topological polar surface area (TPSA) is 68.2 Å². The van der Waals surface area contributed by atoms with E-state index in [0.717, 1.165) is 18.4 Å². The fourth-order valence-electron chi connectivity index (χ4n) is 4.72. The van der Waals surface area contributed by atoms with Crippen LogP contribution in [-0.2, 0) is 0 Å². The Morgan fingerprint density at radius 1 is 1.07 bits per heavy atom. The van der Waals surface area contributed by atoms with E-state index in [4.69, 9.17) is 16.3 Å². The molecule has 0 spiro atoms. The van der Waals surface area contributed by atoms with Gasteiger partial charge in [-0.05, 0) is 43.9 Å². The van der Waals surface area contributed by atoms with E-state index in [9.17, 15) is 4.79 Å². The summed E-state index contributed by atoms with van der Waals surface area (Å²) in [4.78, 5) is 28.6. The van der Waals surface area contributed by atoms with E-state index in [-0.39, 0.29) is 24.1 Å². The molecule has 1 aliphatic heterocycles. The third-order valence-electron chi connectivity index (χ3n) is 6.16. The number of halogens is 1. The first-order valence-electron chi connectivity index (χ1n) is 10.1. The molecule has 152 valence electrons. The lowest BCUT2D eigenvalue weighted by molar-refractivity contribution is 0.0315. The van der Waals surface area contributed by atoms with Crippen LogP contribution in [0.3, 0.4) is 0 Å². The summed E-state index contributed by atoms with van der Waals surface area (Å²) in [6, 6.07) is 13.0. The lowest BCUT2D eigenvalue weighted by Gasteiger charge is -2.38. The van der Waals surface area contributed by atoms with Crippen molar-refractivity contribution in [2.45, 2.75) is 38.0 Å². The van der Waals surface area contributed by atoms with Crippen LogP contribution in [0.1, 0.15) is 30.1 Å². The molecule has 2 bridgehead atoms. The van der Waals surface area contributed by atoms with Gasteiger partial charge >= 0.3 is 0 Å². The Labute approximate surface area is 179 Å². The Kier molecular flexibility index (Phi) is 4.87. The van der Waals surface area contributed by atoms with E-state index in [1.165, 1.54) is 0 Å². The molecule has 1 aliphatic carbocycles. The molecule has 30 heavy (non-hydrogen) atoms. The predicted molar refractivity (Wildman–Crippen MR) is 113 cm³/mol. The maximum Gasteiger partial charge on any atom is 0.255 e. The van der Waals surface area contributed by atoms with Gasteiger partial charge in [-0.3, -0.25) is 4.79 Å². The predicted octanol–water partition coefficient (Wildman–Crippen LogP) is 4.26. The van der Waals surface area contributed by atoms with Crippen molar-refractivity contribution in [1.82, 2.24) is 19.9 Å². The highest BCUT2D eigenvalue weighted by Crippen LogP contribution is 2.45. The van der Waals surface area contributed by atoms with Gasteiger partial charge in [0.1, 0.15) is 6.10 Å². The van der Waals surface area contributed by atoms with Crippen molar-refractivity contribution in [3.63, 3.8) is 0 Å². The standard InChI is InChI=1S/C23H21ClN4O2/c1-14-15-11-19(20(12-15)30-21-8-7-16(24)13-27-21)28(14)23(29)18-6-3-2-5-17(18)22-25-9-4-10-26-22/h2-10,13-15,19-20H,11-12H2,1H3. The quantitative estimate of drug-likeness (QED) is 0.630. The number of hydrogen-bond acceptors (Lipinski definition) is 5. The maximum atomic E-state index is 13.7. The average Bonchev–Trinajstić information content (AvgIpc) is 3.33. The van der Waals surface area contributed by atoms with Gasteiger partial charge in [0.15, 0.2) is 5.82 Å². The second-order valence-electron chi connectivity index (χ2n) is 7.84. The van der Waals surface area contributed by atoms with Gasteiger partial charge in [0.05, 0.1) is 16.6 Å². The van der Waals surface area contributed by atoms with E-state index >= 15 is 0 Å². The van der Waals surface area contributed by atoms with Crippen LogP contribution in [0, 0.1) is 5.92 Å². The van der Waals surface area contributed by atoms with Crippen LogP contribution in [0.5, 0.6) is 5.88 Å². The lowest BCUT2D eigenvalue weighted by Crippen LogP contribution is -2.51. The van der Waals surface area contributed by atoms with Gasteiger partial charge in [-0.2, -0.15) is 0 Å². The Hall–Kier alpha value is -2.99. The van der Waals surface area contributed by atoms with Gasteiger partial charge in [0.2, 0.25) is 5.88 Å². The van der Waals surface area contributed by atoms with E-state index in [0.29, 0.717) is 28.2 Å². The fraction of sp³-hybridized carbons (Fsp3) is 0.304. The molecule has 7 heteroatoms. The molecular weight excluding hydrogens is 400 g/mol. The zero-order valence-corrected chi connectivity index (χ0v) is 17.2. The molecule has 0 N–H and O–H groups in total. The van der Waals surface area contributed by atoms with Crippen LogP contribution in [0.25, 0.3) is 11.4 Å². The summed E-state index contributed by atoms with van der Waals surface area (Å²) in [5, 5.41) is 0.570. The van der Waals surface area contributed by atoms with Crippen molar-refractivity contribution >= 4 is 17.5 Å². The number of piperidine rings is 1. The van der Waals surface area contributed by atoms with Gasteiger partial charge < -0.3 is 9.64 Å². The fourth-order valence-corrected chi connectivity index (χ4v) is 4.83. The molecule has 4 unspecified atom stereocenters. The number of hydrogen-bond donors (Lipinski definition) is 0. The van der Waals surface area contributed by atoms with Crippen LogP contribution in [-0.4, -0.2) is 43.9 Å². The van der Waals surface area contributed by atoms with E-state index in [1.54, 1.807) is 36.8 Å². The van der Waals surface area contributed by atoms with Gasteiger partial charge in [0.25, 0.3) is 5.91 Å². The number of carbonyl (C=O) groups excluding carboxylic acids is 1. The van der Waals surface area contributed by atoms with Crippen LogP contribution < -0.4 is 4.74 Å². The molecule has 3 aromatic rings. The number of rotatable bonds is 4. The summed E-state index contributed by atoms with van der Waals surface area (Å²) in [5.74, 6) is 1.50. The molecular formula is C23H21ClN4O2. The van der Waals surface area contributed by atoms with E-state index in [1.807, 2.05) is 29.2 Å². The average molecular weight is 421 g/mol. The van der Waals surface area contributed by atoms with Crippen LogP contribution >= 0.6 is 11.6 Å². The SMILES string of the molecule is CC1C2CC(Oc3ccc(Cl)cn3)C(C2)N1C(=O)c1ccccc1-c1ncccn1. The number of carbonyl (C=O) groups is 1. The third kappa shape index (κ3) is 3.31. The van der Waals surface area contributed by atoms with Crippen molar-refractivity contribution in [2.24, 2.45) is 5.92 Å². The highest BCUT2D eigenvalue weighted by atomic mass is 35.5. The van der Waals surface area contributed by atoms with Crippen molar-refractivity contribution < 1.29 is 9.53 Å². The summed E-state index contributed by atoms with van der Waals surface area (Å²) in [6.07, 6.45) is 6.73. The molecule has 0 radical (unpaired) electrons. The van der Waals surface area contributed by atoms with Crippen molar-refractivity contribution in [3.8, 4) is 17.3 Å². The summed E-state index contributed by atoms with van der Waals surface area (Å²) >= 11 is 5.93. The first-order valence-corrected chi connectivity index (χ1v) is 10.5. The lowest BCUT2D eigenvalue weighted by atomic mass is 9.97. The number of nitrogens with zero attached hydrogens (tertiary/aromatic N) is 4. The number of benzene rings is 1. The second-order valence-corrected chi connectivity index (χ2v) is 8.28. The smallest absolute Gasteiger partial charge is 0.255 e. The van der Waals surface area contributed by atoms with E-state index in [2.05, 4.69) is 21.9 Å². The Morgan fingerprint density at radius 2 is 1.87 bits per heavy atom. The Balaban J connectivity index is 1.43. The van der Waals surface area contributed by atoms with Crippen LogP contribution in [0.2, 0.25) is 5.02 Å². The minimum Gasteiger partial charge on any atom is -0.472 e. The first kappa shape index (κ1) is 19.0. The summed E-state index contributed by atoms with van der Waals surface area (Å²) < 4.78 is 6.16. The normalized spacial score (nSPS) is 24.8. The minimum atomic E-state index is -0.0797. The molecule has 2 fully saturated rings.